The zero-order chi connectivity index (χ0) is 20.3. The van der Waals surface area contributed by atoms with Crippen LogP contribution in [0.5, 0.6) is 0 Å². The lowest BCUT2D eigenvalue weighted by molar-refractivity contribution is 0.0746. The Bertz CT molecular complexity index is 1180. The van der Waals surface area contributed by atoms with E-state index < -0.39 is 0 Å². The smallest absolute Gasteiger partial charge is 0.253 e. The van der Waals surface area contributed by atoms with E-state index >= 15 is 0 Å². The molecule has 1 fully saturated rings. The number of pyridine rings is 3. The highest BCUT2D eigenvalue weighted by Crippen LogP contribution is 2.26. The SMILES string of the molecule is O=C(c1cccc(-c2nccc3ncccc23)c1)N1CCN(c2ccccn2)CC1. The van der Waals surface area contributed by atoms with E-state index in [1.165, 1.54) is 0 Å². The number of hydrogen-bond donors (Lipinski definition) is 0. The molecule has 0 spiro atoms. The van der Waals surface area contributed by atoms with E-state index in [9.17, 15) is 4.79 Å². The molecule has 0 bridgehead atoms. The number of amides is 1. The Labute approximate surface area is 174 Å². The van der Waals surface area contributed by atoms with Crippen molar-refractivity contribution in [3.8, 4) is 11.3 Å². The third kappa shape index (κ3) is 3.48. The van der Waals surface area contributed by atoms with Crippen molar-refractivity contribution in [2.75, 3.05) is 31.1 Å². The predicted octanol–water partition coefficient (Wildman–Crippen LogP) is 3.65. The minimum atomic E-state index is 0.0517. The molecule has 30 heavy (non-hydrogen) atoms. The number of benzene rings is 1. The molecule has 4 heterocycles. The highest BCUT2D eigenvalue weighted by molar-refractivity contribution is 5.97. The molecule has 0 unspecified atom stereocenters. The Morgan fingerprint density at radius 1 is 0.767 bits per heavy atom. The molecule has 1 amide bonds. The van der Waals surface area contributed by atoms with Crippen molar-refractivity contribution in [2.45, 2.75) is 0 Å². The second-order valence-corrected chi connectivity index (χ2v) is 7.28. The summed E-state index contributed by atoms with van der Waals surface area (Å²) >= 11 is 0. The molecule has 0 saturated carbocycles. The molecule has 1 aliphatic rings. The summed E-state index contributed by atoms with van der Waals surface area (Å²) in [6, 6.07) is 19.4. The van der Waals surface area contributed by atoms with E-state index in [2.05, 4.69) is 19.9 Å². The maximum absolute atomic E-state index is 13.1. The van der Waals surface area contributed by atoms with Crippen molar-refractivity contribution in [2.24, 2.45) is 0 Å². The minimum absolute atomic E-state index is 0.0517. The lowest BCUT2D eigenvalue weighted by Gasteiger charge is -2.35. The zero-order valence-corrected chi connectivity index (χ0v) is 16.5. The highest BCUT2D eigenvalue weighted by Gasteiger charge is 2.23. The summed E-state index contributed by atoms with van der Waals surface area (Å²) in [4.78, 5) is 30.6. The largest absolute Gasteiger partial charge is 0.353 e. The van der Waals surface area contributed by atoms with Crippen LogP contribution in [0.15, 0.2) is 79.3 Å². The van der Waals surface area contributed by atoms with Gasteiger partial charge in [-0.05, 0) is 42.5 Å². The van der Waals surface area contributed by atoms with Gasteiger partial charge < -0.3 is 9.80 Å². The van der Waals surface area contributed by atoms with Crippen LogP contribution in [-0.2, 0) is 0 Å². The summed E-state index contributed by atoms with van der Waals surface area (Å²) in [5, 5.41) is 0.980. The number of hydrogen-bond acceptors (Lipinski definition) is 5. The van der Waals surface area contributed by atoms with Crippen molar-refractivity contribution in [1.29, 1.82) is 0 Å². The highest BCUT2D eigenvalue weighted by atomic mass is 16.2. The fourth-order valence-corrected chi connectivity index (χ4v) is 3.89. The molecule has 6 nitrogen and oxygen atoms in total. The molecule has 148 valence electrons. The summed E-state index contributed by atoms with van der Waals surface area (Å²) in [7, 11) is 0. The Hall–Kier alpha value is -3.80. The first-order valence-corrected chi connectivity index (χ1v) is 10.0. The topological polar surface area (TPSA) is 62.2 Å². The maximum Gasteiger partial charge on any atom is 0.253 e. The average molecular weight is 395 g/mol. The van der Waals surface area contributed by atoms with Gasteiger partial charge >= 0.3 is 0 Å². The van der Waals surface area contributed by atoms with Gasteiger partial charge in [-0.15, -0.1) is 0 Å². The average Bonchev–Trinajstić information content (AvgIpc) is 2.84. The molecule has 1 saturated heterocycles. The summed E-state index contributed by atoms with van der Waals surface area (Å²) in [6.07, 6.45) is 5.34. The third-order valence-corrected chi connectivity index (χ3v) is 5.45. The van der Waals surface area contributed by atoms with Gasteiger partial charge in [0.25, 0.3) is 5.91 Å². The van der Waals surface area contributed by atoms with E-state index in [-0.39, 0.29) is 5.91 Å². The van der Waals surface area contributed by atoms with Gasteiger partial charge in [0.1, 0.15) is 5.82 Å². The number of carbonyl (C=O) groups is 1. The summed E-state index contributed by atoms with van der Waals surface area (Å²) < 4.78 is 0. The molecule has 4 aromatic rings. The first-order valence-electron chi connectivity index (χ1n) is 10.0. The Morgan fingerprint density at radius 2 is 1.63 bits per heavy atom. The lowest BCUT2D eigenvalue weighted by atomic mass is 10.0. The van der Waals surface area contributed by atoms with Crippen LogP contribution in [0.25, 0.3) is 22.2 Å². The number of nitrogens with zero attached hydrogens (tertiary/aromatic N) is 5. The van der Waals surface area contributed by atoms with Crippen molar-refractivity contribution < 1.29 is 4.79 Å². The normalized spacial score (nSPS) is 14.1. The maximum atomic E-state index is 13.1. The van der Waals surface area contributed by atoms with Gasteiger partial charge in [-0.1, -0.05) is 18.2 Å². The number of anilines is 1. The molecule has 0 aliphatic carbocycles. The number of carbonyl (C=O) groups excluding carboxylic acids is 1. The fraction of sp³-hybridized carbons (Fsp3) is 0.167. The van der Waals surface area contributed by atoms with Gasteiger partial charge in [-0.2, -0.15) is 0 Å². The second kappa shape index (κ2) is 7.91. The van der Waals surface area contributed by atoms with Gasteiger partial charge in [0, 0.05) is 61.3 Å². The molecule has 1 aromatic carbocycles. The third-order valence-electron chi connectivity index (χ3n) is 5.45. The van der Waals surface area contributed by atoms with E-state index in [1.54, 1.807) is 18.6 Å². The van der Waals surface area contributed by atoms with Crippen LogP contribution < -0.4 is 4.90 Å². The molecule has 0 atom stereocenters. The van der Waals surface area contributed by atoms with Gasteiger partial charge in [-0.3, -0.25) is 14.8 Å². The number of rotatable bonds is 3. The predicted molar refractivity (Wildman–Crippen MR) is 117 cm³/mol. The quantitative estimate of drug-likeness (QED) is 0.530. The zero-order valence-electron chi connectivity index (χ0n) is 16.5. The van der Waals surface area contributed by atoms with Crippen molar-refractivity contribution in [1.82, 2.24) is 19.9 Å². The van der Waals surface area contributed by atoms with Crippen LogP contribution in [0.2, 0.25) is 0 Å². The Balaban J connectivity index is 1.36. The molecule has 0 N–H and O–H groups in total. The van der Waals surface area contributed by atoms with E-state index in [1.807, 2.05) is 65.6 Å². The number of fused-ring (bicyclic) bond motifs is 1. The van der Waals surface area contributed by atoms with Gasteiger partial charge in [0.05, 0.1) is 11.2 Å². The van der Waals surface area contributed by atoms with Crippen molar-refractivity contribution in [3.63, 3.8) is 0 Å². The first kappa shape index (κ1) is 18.2. The van der Waals surface area contributed by atoms with Crippen molar-refractivity contribution in [3.05, 3.63) is 84.8 Å². The number of aromatic nitrogens is 3. The lowest BCUT2D eigenvalue weighted by Crippen LogP contribution is -2.49. The molecule has 5 rings (SSSR count). The minimum Gasteiger partial charge on any atom is -0.353 e. The van der Waals surface area contributed by atoms with E-state index in [4.69, 9.17) is 0 Å². The molecule has 3 aromatic heterocycles. The molecule has 0 radical (unpaired) electrons. The van der Waals surface area contributed by atoms with Crippen molar-refractivity contribution >= 4 is 22.6 Å². The number of piperazine rings is 1. The van der Waals surface area contributed by atoms with Crippen LogP contribution in [0.1, 0.15) is 10.4 Å². The summed E-state index contributed by atoms with van der Waals surface area (Å²) in [5.74, 6) is 1.01. The van der Waals surface area contributed by atoms with E-state index in [0.29, 0.717) is 18.7 Å². The molecular formula is C24H21N5O. The monoisotopic (exact) mass is 395 g/mol. The Morgan fingerprint density at radius 3 is 2.47 bits per heavy atom. The second-order valence-electron chi connectivity index (χ2n) is 7.28. The first-order chi connectivity index (χ1) is 14.8. The van der Waals surface area contributed by atoms with Crippen LogP contribution in [0.4, 0.5) is 5.82 Å². The van der Waals surface area contributed by atoms with Crippen LogP contribution in [0.3, 0.4) is 0 Å². The van der Waals surface area contributed by atoms with Crippen LogP contribution in [-0.4, -0.2) is 51.9 Å². The summed E-state index contributed by atoms with van der Waals surface area (Å²) in [5.41, 5.74) is 3.34. The van der Waals surface area contributed by atoms with Gasteiger partial charge in [-0.25, -0.2) is 4.98 Å². The van der Waals surface area contributed by atoms with Gasteiger partial charge in [0.2, 0.25) is 0 Å². The summed E-state index contributed by atoms with van der Waals surface area (Å²) in [6.45, 7) is 2.91. The molecule has 1 aliphatic heterocycles. The molecule has 6 heteroatoms. The van der Waals surface area contributed by atoms with Crippen LogP contribution in [0, 0.1) is 0 Å². The Kier molecular flexibility index (Phi) is 4.81. The standard InChI is InChI=1S/C24H21N5O/c30-24(29-15-13-28(14-16-29)22-8-1-2-10-26-22)19-6-3-5-18(17-19)23-20-7-4-11-25-21(20)9-12-27-23/h1-12,17H,13-16H2. The van der Waals surface area contributed by atoms with Gasteiger partial charge in [0.15, 0.2) is 0 Å². The van der Waals surface area contributed by atoms with E-state index in [0.717, 1.165) is 41.1 Å². The van der Waals surface area contributed by atoms with Crippen LogP contribution >= 0.6 is 0 Å². The molecular weight excluding hydrogens is 374 g/mol. The fourth-order valence-electron chi connectivity index (χ4n) is 3.89.